The molecule has 2 rings (SSSR count). The Hall–Kier alpha value is -1.37. The topological polar surface area (TPSA) is 54.4 Å². The van der Waals surface area contributed by atoms with Crippen LogP contribution in [0.1, 0.15) is 11.7 Å². The molecule has 0 radical (unpaired) electrons. The van der Waals surface area contributed by atoms with E-state index in [-0.39, 0.29) is 10.7 Å². The van der Waals surface area contributed by atoms with Crippen molar-refractivity contribution >= 4 is 21.6 Å². The highest BCUT2D eigenvalue weighted by Gasteiger charge is 2.10. The number of aliphatic hydroxyl groups is 1. The van der Waals surface area contributed by atoms with Gasteiger partial charge in [0.05, 0.1) is 11.0 Å². The minimum Gasteiger partial charge on any atom is -0.388 e. The Balaban J connectivity index is 1.98. The summed E-state index contributed by atoms with van der Waals surface area (Å²) in [6, 6.07) is 12.2. The molecule has 2 aromatic carbocycles. The van der Waals surface area contributed by atoms with E-state index in [1.165, 1.54) is 23.9 Å². The fourth-order valence-electron chi connectivity index (χ4n) is 1.74. The Kier molecular flexibility index (Phi) is 5.03. The van der Waals surface area contributed by atoms with Gasteiger partial charge in [0.25, 0.3) is 0 Å². The van der Waals surface area contributed by atoms with Crippen molar-refractivity contribution in [3.8, 4) is 0 Å². The molecule has 0 heterocycles. The van der Waals surface area contributed by atoms with E-state index in [4.69, 9.17) is 0 Å². The van der Waals surface area contributed by atoms with Gasteiger partial charge in [-0.2, -0.15) is 0 Å². The number of hydrogen-bond acceptors (Lipinski definition) is 4. The molecule has 2 aromatic rings. The van der Waals surface area contributed by atoms with Gasteiger partial charge in [0.1, 0.15) is 5.82 Å². The first-order chi connectivity index (χ1) is 9.86. The van der Waals surface area contributed by atoms with Crippen molar-refractivity contribution in [2.24, 2.45) is 0 Å². The van der Waals surface area contributed by atoms with E-state index in [2.05, 4.69) is 0 Å². The molecule has 0 aliphatic carbocycles. The van der Waals surface area contributed by atoms with Gasteiger partial charge in [-0.3, -0.25) is 0 Å². The molecule has 6 heteroatoms. The molecule has 21 heavy (non-hydrogen) atoms. The first-order valence-electron chi connectivity index (χ1n) is 6.23. The van der Waals surface area contributed by atoms with Crippen LogP contribution in [0.4, 0.5) is 4.39 Å². The Bertz CT molecular complexity index is 695. The van der Waals surface area contributed by atoms with Crippen LogP contribution in [-0.2, 0) is 9.84 Å². The zero-order valence-corrected chi connectivity index (χ0v) is 13.0. The molecule has 0 aromatic heterocycles. The molecule has 0 aliphatic heterocycles. The number of thioether (sulfide) groups is 1. The van der Waals surface area contributed by atoms with Crippen LogP contribution in [0.25, 0.3) is 0 Å². The Labute approximate surface area is 127 Å². The van der Waals surface area contributed by atoms with Crippen molar-refractivity contribution in [2.75, 3.05) is 12.0 Å². The summed E-state index contributed by atoms with van der Waals surface area (Å²) in [7, 11) is -3.19. The smallest absolute Gasteiger partial charge is 0.175 e. The van der Waals surface area contributed by atoms with Crippen LogP contribution in [0.15, 0.2) is 58.3 Å². The molecule has 1 N–H and O–H groups in total. The van der Waals surface area contributed by atoms with Crippen LogP contribution < -0.4 is 0 Å². The van der Waals surface area contributed by atoms with Crippen molar-refractivity contribution < 1.29 is 17.9 Å². The van der Waals surface area contributed by atoms with Gasteiger partial charge in [-0.25, -0.2) is 12.8 Å². The summed E-state index contributed by atoms with van der Waals surface area (Å²) < 4.78 is 35.5. The number of sulfone groups is 1. The minimum absolute atomic E-state index is 0.269. The highest BCUT2D eigenvalue weighted by Crippen LogP contribution is 2.25. The van der Waals surface area contributed by atoms with E-state index in [1.54, 1.807) is 36.4 Å². The number of benzene rings is 2. The maximum absolute atomic E-state index is 12.8. The molecule has 0 aliphatic rings. The minimum atomic E-state index is -3.19. The first-order valence-corrected chi connectivity index (χ1v) is 9.10. The quantitative estimate of drug-likeness (QED) is 0.858. The molecule has 0 amide bonds. The second-order valence-electron chi connectivity index (χ2n) is 4.62. The highest BCUT2D eigenvalue weighted by atomic mass is 32.2. The summed E-state index contributed by atoms with van der Waals surface area (Å²) in [6.07, 6.45) is 0.457. The van der Waals surface area contributed by atoms with Crippen molar-refractivity contribution in [1.82, 2.24) is 0 Å². The second-order valence-corrected chi connectivity index (χ2v) is 7.73. The van der Waals surface area contributed by atoms with Gasteiger partial charge in [-0.1, -0.05) is 12.1 Å². The SMILES string of the molecule is CS(=O)(=O)c1ccc(SCC(O)c2ccc(F)cc2)cc1. The van der Waals surface area contributed by atoms with E-state index < -0.39 is 15.9 Å². The molecule has 0 saturated carbocycles. The monoisotopic (exact) mass is 326 g/mol. The van der Waals surface area contributed by atoms with Crippen molar-refractivity contribution in [3.63, 3.8) is 0 Å². The zero-order chi connectivity index (χ0) is 15.5. The van der Waals surface area contributed by atoms with Gasteiger partial charge in [0.2, 0.25) is 0 Å². The Morgan fingerprint density at radius 1 is 1.10 bits per heavy atom. The zero-order valence-electron chi connectivity index (χ0n) is 11.4. The van der Waals surface area contributed by atoms with Crippen molar-refractivity contribution in [1.29, 1.82) is 0 Å². The molecule has 112 valence electrons. The Morgan fingerprint density at radius 3 is 2.19 bits per heavy atom. The molecule has 1 atom stereocenters. The van der Waals surface area contributed by atoms with Gasteiger partial charge in [0.15, 0.2) is 9.84 Å². The van der Waals surface area contributed by atoms with Gasteiger partial charge in [0, 0.05) is 16.9 Å². The molecule has 0 spiro atoms. The van der Waals surface area contributed by atoms with Crippen molar-refractivity contribution in [2.45, 2.75) is 15.9 Å². The maximum atomic E-state index is 12.8. The number of hydrogen-bond donors (Lipinski definition) is 1. The third-order valence-corrected chi connectivity index (χ3v) is 5.13. The fraction of sp³-hybridized carbons (Fsp3) is 0.200. The highest BCUT2D eigenvalue weighted by molar-refractivity contribution is 7.99. The lowest BCUT2D eigenvalue weighted by Crippen LogP contribution is -2.00. The average Bonchev–Trinajstić information content (AvgIpc) is 2.45. The van der Waals surface area contributed by atoms with Crippen LogP contribution in [0.3, 0.4) is 0 Å². The number of rotatable bonds is 5. The van der Waals surface area contributed by atoms with Crippen LogP contribution in [0.5, 0.6) is 0 Å². The molecule has 3 nitrogen and oxygen atoms in total. The van der Waals surface area contributed by atoms with E-state index in [1.807, 2.05) is 0 Å². The molecule has 0 saturated heterocycles. The second kappa shape index (κ2) is 6.60. The van der Waals surface area contributed by atoms with Crippen molar-refractivity contribution in [3.05, 3.63) is 59.9 Å². The van der Waals surface area contributed by atoms with Crippen LogP contribution >= 0.6 is 11.8 Å². The predicted octanol–water partition coefficient (Wildman–Crippen LogP) is 3.05. The van der Waals surface area contributed by atoms with Crippen LogP contribution in [0, 0.1) is 5.82 Å². The fourth-order valence-corrected chi connectivity index (χ4v) is 3.24. The average molecular weight is 326 g/mol. The van der Waals surface area contributed by atoms with Crippen LogP contribution in [0.2, 0.25) is 0 Å². The summed E-state index contributed by atoms with van der Waals surface area (Å²) in [4.78, 5) is 1.13. The van der Waals surface area contributed by atoms with Gasteiger partial charge in [-0.05, 0) is 42.0 Å². The maximum Gasteiger partial charge on any atom is 0.175 e. The van der Waals surface area contributed by atoms with E-state index in [0.29, 0.717) is 11.3 Å². The molecule has 0 fully saturated rings. The molecule has 1 unspecified atom stereocenters. The van der Waals surface area contributed by atoms with E-state index in [9.17, 15) is 17.9 Å². The molecule has 0 bridgehead atoms. The summed E-state index contributed by atoms with van der Waals surface area (Å²) >= 11 is 1.41. The number of aliphatic hydroxyl groups excluding tert-OH is 1. The van der Waals surface area contributed by atoms with Gasteiger partial charge < -0.3 is 5.11 Å². The van der Waals surface area contributed by atoms with Gasteiger partial charge >= 0.3 is 0 Å². The third kappa shape index (κ3) is 4.56. The van der Waals surface area contributed by atoms with E-state index in [0.717, 1.165) is 11.2 Å². The lowest BCUT2D eigenvalue weighted by Gasteiger charge is -2.10. The summed E-state index contributed by atoms with van der Waals surface area (Å²) in [6.45, 7) is 0. The summed E-state index contributed by atoms with van der Waals surface area (Å²) in [5.74, 6) is 0.0686. The molecular weight excluding hydrogens is 311 g/mol. The lowest BCUT2D eigenvalue weighted by atomic mass is 10.1. The predicted molar refractivity (Wildman–Crippen MR) is 81.6 cm³/mol. The summed E-state index contributed by atoms with van der Waals surface area (Å²) in [5.41, 5.74) is 0.650. The first kappa shape index (κ1) is 16.0. The lowest BCUT2D eigenvalue weighted by molar-refractivity contribution is 0.204. The van der Waals surface area contributed by atoms with E-state index >= 15 is 0 Å². The third-order valence-electron chi connectivity index (χ3n) is 2.91. The largest absolute Gasteiger partial charge is 0.388 e. The molecular formula is C15H15FO3S2. The standard InChI is InChI=1S/C15H15FO3S2/c1-21(18,19)14-8-6-13(7-9-14)20-10-15(17)11-2-4-12(16)5-3-11/h2-9,15,17H,10H2,1H3. The van der Waals surface area contributed by atoms with Gasteiger partial charge in [-0.15, -0.1) is 11.8 Å². The van der Waals surface area contributed by atoms with Crippen LogP contribution in [-0.4, -0.2) is 25.5 Å². The summed E-state index contributed by atoms with van der Waals surface area (Å²) in [5, 5.41) is 10.0. The normalized spacial score (nSPS) is 13.1. The number of halogens is 1. The Morgan fingerprint density at radius 2 is 1.67 bits per heavy atom.